The molecule has 2 aliphatic rings. The second kappa shape index (κ2) is 10.6. The lowest BCUT2D eigenvalue weighted by Gasteiger charge is -2.32. The number of hydrogen-bond acceptors (Lipinski definition) is 7. The van der Waals surface area contributed by atoms with E-state index in [-0.39, 0.29) is 11.8 Å². The lowest BCUT2D eigenvalue weighted by molar-refractivity contribution is -0.151. The molecule has 11 nitrogen and oxygen atoms in total. The molecule has 4 heterocycles. The number of likely N-dealkylation sites (tertiary alicyclic amines) is 1. The third kappa shape index (κ3) is 5.22. The van der Waals surface area contributed by atoms with E-state index in [1.54, 1.807) is 43.5 Å². The van der Waals surface area contributed by atoms with Gasteiger partial charge in [-0.05, 0) is 61.4 Å². The minimum Gasteiger partial charge on any atom is -0.382 e. The molecule has 1 aliphatic carbocycles. The number of benzene rings is 1. The molecule has 1 unspecified atom stereocenters. The Hall–Kier alpha value is -4.80. The summed E-state index contributed by atoms with van der Waals surface area (Å²) in [6.07, 6.45) is 9.09. The number of hydrogen-bond donors (Lipinski definition) is 2. The molecule has 4 aromatic rings. The van der Waals surface area contributed by atoms with Gasteiger partial charge in [-0.25, -0.2) is 15.0 Å². The SMILES string of the molecule is CN(C)C(=O)C(=O)N1CCCC(c2nc(-c3ccc(C(=O)Nc4cc(C5CC5)ccn4)cc3)c3c(N)nccn23)C1. The molecule has 1 atom stereocenters. The Morgan fingerprint density at radius 2 is 1.78 bits per heavy atom. The van der Waals surface area contributed by atoms with E-state index < -0.39 is 11.8 Å². The number of nitrogens with zero attached hydrogens (tertiary/aromatic N) is 6. The van der Waals surface area contributed by atoms with Crippen LogP contribution in [0, 0.1) is 0 Å². The van der Waals surface area contributed by atoms with Gasteiger partial charge in [0.15, 0.2) is 0 Å². The number of carbonyl (C=O) groups excluding carboxylic acids is 3. The number of imidazole rings is 1. The highest BCUT2D eigenvalue weighted by Gasteiger charge is 2.32. The average molecular weight is 553 g/mol. The summed E-state index contributed by atoms with van der Waals surface area (Å²) >= 11 is 0. The highest BCUT2D eigenvalue weighted by atomic mass is 16.2. The largest absolute Gasteiger partial charge is 0.382 e. The molecule has 6 rings (SSSR count). The fraction of sp³-hybridized carbons (Fsp3) is 0.333. The van der Waals surface area contributed by atoms with Gasteiger partial charge in [-0.2, -0.15) is 0 Å². The van der Waals surface area contributed by atoms with Crippen LogP contribution in [-0.4, -0.2) is 74.1 Å². The molecule has 0 bridgehead atoms. The minimum atomic E-state index is -0.539. The fourth-order valence-electron chi connectivity index (χ4n) is 5.43. The number of nitrogens with two attached hydrogens (primary N) is 1. The molecule has 0 radical (unpaired) electrons. The number of pyridine rings is 1. The monoisotopic (exact) mass is 552 g/mol. The van der Waals surface area contributed by atoms with Gasteiger partial charge in [-0.3, -0.25) is 18.8 Å². The molecule has 1 saturated carbocycles. The maximum absolute atomic E-state index is 13.0. The Balaban J connectivity index is 1.26. The number of nitrogens with one attached hydrogen (secondary N) is 1. The predicted octanol–water partition coefficient (Wildman–Crippen LogP) is 3.30. The zero-order valence-electron chi connectivity index (χ0n) is 23.1. The summed E-state index contributed by atoms with van der Waals surface area (Å²) in [5.74, 6) is 0.816. The van der Waals surface area contributed by atoms with E-state index in [0.29, 0.717) is 47.4 Å². The summed E-state index contributed by atoms with van der Waals surface area (Å²) in [4.78, 5) is 54.5. The first-order chi connectivity index (χ1) is 19.8. The van der Waals surface area contributed by atoms with E-state index in [2.05, 4.69) is 15.3 Å². The van der Waals surface area contributed by atoms with Crippen molar-refractivity contribution in [3.05, 3.63) is 71.9 Å². The van der Waals surface area contributed by atoms with E-state index in [9.17, 15) is 14.4 Å². The van der Waals surface area contributed by atoms with Crippen LogP contribution in [0.5, 0.6) is 0 Å². The number of rotatable bonds is 5. The molecule has 41 heavy (non-hydrogen) atoms. The molecule has 2 fully saturated rings. The van der Waals surface area contributed by atoms with Gasteiger partial charge < -0.3 is 20.9 Å². The quantitative estimate of drug-likeness (QED) is 0.362. The number of fused-ring (bicyclic) bond motifs is 1. The van der Waals surface area contributed by atoms with Crippen LogP contribution >= 0.6 is 0 Å². The Labute approximate surface area is 237 Å². The standard InChI is InChI=1S/C30H32N8O3/c1-36(2)29(40)30(41)37-14-3-4-22(17-37)27-35-24(25-26(31)33-13-15-38(25)27)19-7-9-20(10-8-19)28(39)34-23-16-21(11-12-32-23)18-5-6-18/h7-13,15-16,18,22H,3-6,14,17H2,1-2H3,(H2,31,33)(H,32,34,39). The second-order valence-electron chi connectivity index (χ2n) is 10.9. The molecular weight excluding hydrogens is 520 g/mol. The van der Waals surface area contributed by atoms with Crippen molar-refractivity contribution < 1.29 is 14.4 Å². The van der Waals surface area contributed by atoms with Crippen LogP contribution in [0.4, 0.5) is 11.6 Å². The van der Waals surface area contributed by atoms with E-state index in [1.165, 1.54) is 23.3 Å². The molecule has 0 spiro atoms. The zero-order chi connectivity index (χ0) is 28.7. The number of nitrogen functional groups attached to an aromatic ring is 1. The molecule has 11 heteroatoms. The van der Waals surface area contributed by atoms with Crippen molar-refractivity contribution in [2.24, 2.45) is 0 Å². The van der Waals surface area contributed by atoms with Crippen LogP contribution in [0.15, 0.2) is 55.0 Å². The van der Waals surface area contributed by atoms with E-state index in [0.717, 1.165) is 24.2 Å². The van der Waals surface area contributed by atoms with Crippen LogP contribution in [0.3, 0.4) is 0 Å². The van der Waals surface area contributed by atoms with Crippen molar-refractivity contribution in [3.63, 3.8) is 0 Å². The minimum absolute atomic E-state index is 0.0883. The summed E-state index contributed by atoms with van der Waals surface area (Å²) in [6.45, 7) is 0.910. The summed E-state index contributed by atoms with van der Waals surface area (Å²) < 4.78 is 1.92. The van der Waals surface area contributed by atoms with Crippen molar-refractivity contribution in [2.75, 3.05) is 38.2 Å². The lowest BCUT2D eigenvalue weighted by atomic mass is 9.97. The van der Waals surface area contributed by atoms with Crippen molar-refractivity contribution in [3.8, 4) is 11.3 Å². The number of carbonyl (C=O) groups is 3. The van der Waals surface area contributed by atoms with E-state index in [1.807, 2.05) is 34.9 Å². The van der Waals surface area contributed by atoms with Crippen molar-refractivity contribution >= 4 is 34.9 Å². The van der Waals surface area contributed by atoms with Crippen LogP contribution < -0.4 is 11.1 Å². The van der Waals surface area contributed by atoms with Gasteiger partial charge in [0.05, 0.1) is 0 Å². The number of piperidine rings is 1. The van der Waals surface area contributed by atoms with Gasteiger partial charge in [-0.1, -0.05) is 12.1 Å². The van der Waals surface area contributed by atoms with E-state index >= 15 is 0 Å². The Kier molecular flexibility index (Phi) is 6.86. The van der Waals surface area contributed by atoms with Gasteiger partial charge >= 0.3 is 11.8 Å². The van der Waals surface area contributed by atoms with Crippen molar-refractivity contribution in [1.82, 2.24) is 29.2 Å². The van der Waals surface area contributed by atoms with Crippen molar-refractivity contribution in [2.45, 2.75) is 37.5 Å². The third-order valence-corrected chi connectivity index (χ3v) is 7.77. The normalized spacial score (nSPS) is 16.9. The van der Waals surface area contributed by atoms with Gasteiger partial charge in [0.2, 0.25) is 0 Å². The molecule has 1 saturated heterocycles. The first-order valence-corrected chi connectivity index (χ1v) is 13.8. The third-order valence-electron chi connectivity index (χ3n) is 7.77. The summed E-state index contributed by atoms with van der Waals surface area (Å²) in [5, 5.41) is 2.90. The first kappa shape index (κ1) is 26.4. The topological polar surface area (TPSA) is 139 Å². The van der Waals surface area contributed by atoms with Crippen LogP contribution in [0.25, 0.3) is 16.8 Å². The molecular formula is C30H32N8O3. The molecule has 3 aromatic heterocycles. The Morgan fingerprint density at radius 1 is 1.00 bits per heavy atom. The van der Waals surface area contributed by atoms with Gasteiger partial charge in [0, 0.05) is 62.8 Å². The molecule has 1 aliphatic heterocycles. The number of likely N-dealkylation sites (N-methyl/N-ethyl adjacent to an activating group) is 1. The van der Waals surface area contributed by atoms with Gasteiger partial charge in [0.1, 0.15) is 28.7 Å². The highest BCUT2D eigenvalue weighted by molar-refractivity contribution is 6.34. The van der Waals surface area contributed by atoms with Crippen LogP contribution in [0.2, 0.25) is 0 Å². The van der Waals surface area contributed by atoms with Crippen molar-refractivity contribution in [1.29, 1.82) is 0 Å². The van der Waals surface area contributed by atoms with E-state index in [4.69, 9.17) is 10.7 Å². The maximum Gasteiger partial charge on any atom is 0.312 e. The Morgan fingerprint density at radius 3 is 2.51 bits per heavy atom. The molecule has 1 aromatic carbocycles. The van der Waals surface area contributed by atoms with Gasteiger partial charge in [0.25, 0.3) is 5.91 Å². The summed E-state index contributed by atoms with van der Waals surface area (Å²) in [5.41, 5.74) is 10.1. The van der Waals surface area contributed by atoms with Crippen LogP contribution in [-0.2, 0) is 9.59 Å². The molecule has 3 N–H and O–H groups in total. The Bertz CT molecular complexity index is 1640. The maximum atomic E-state index is 13.0. The summed E-state index contributed by atoms with van der Waals surface area (Å²) in [7, 11) is 3.15. The number of anilines is 2. The number of aromatic nitrogens is 4. The zero-order valence-corrected chi connectivity index (χ0v) is 23.1. The van der Waals surface area contributed by atoms with Gasteiger partial charge in [-0.15, -0.1) is 0 Å². The first-order valence-electron chi connectivity index (χ1n) is 13.8. The second-order valence-corrected chi connectivity index (χ2v) is 10.9. The molecule has 210 valence electrons. The predicted molar refractivity (Wildman–Crippen MR) is 154 cm³/mol. The number of amides is 3. The summed E-state index contributed by atoms with van der Waals surface area (Å²) in [6, 6.07) is 11.1. The average Bonchev–Trinajstić information content (AvgIpc) is 3.77. The van der Waals surface area contributed by atoms with Crippen LogP contribution in [0.1, 0.15) is 59.3 Å². The fourth-order valence-corrected chi connectivity index (χ4v) is 5.43. The lowest BCUT2D eigenvalue weighted by Crippen LogP contribution is -2.46. The smallest absolute Gasteiger partial charge is 0.312 e. The highest BCUT2D eigenvalue weighted by Crippen LogP contribution is 2.40. The molecule has 3 amide bonds.